The molecule has 0 aliphatic rings. The molecule has 2 rings (SSSR count). The number of aromatic nitrogens is 1. The number of nitrogens with one attached hydrogen (secondary N) is 1. The molecule has 1 unspecified atom stereocenters. The van der Waals surface area contributed by atoms with Crippen LogP contribution in [0.3, 0.4) is 0 Å². The number of methoxy groups -OCH3 is 1. The molecule has 1 N–H and O–H groups in total. The summed E-state index contributed by atoms with van der Waals surface area (Å²) < 4.78 is 5.45. The molecule has 3 nitrogen and oxygen atoms in total. The Hall–Kier alpha value is -1.39. The molecule has 2 aromatic rings. The van der Waals surface area contributed by atoms with Crippen LogP contribution in [0.1, 0.15) is 41.2 Å². The van der Waals surface area contributed by atoms with Gasteiger partial charge in [0.15, 0.2) is 0 Å². The summed E-state index contributed by atoms with van der Waals surface area (Å²) in [6.07, 6.45) is 2.04. The second kappa shape index (κ2) is 7.57. The summed E-state index contributed by atoms with van der Waals surface area (Å²) in [5.74, 6) is 0.950. The maximum Gasteiger partial charge on any atom is 0.122 e. The van der Waals surface area contributed by atoms with E-state index in [1.807, 2.05) is 6.92 Å². The van der Waals surface area contributed by atoms with E-state index in [9.17, 15) is 0 Å². The highest BCUT2D eigenvalue weighted by Crippen LogP contribution is 2.26. The van der Waals surface area contributed by atoms with Crippen molar-refractivity contribution < 1.29 is 4.74 Å². The normalized spacial score (nSPS) is 12.4. The SMILES string of the molecule is CCCNC(Cc1nc(C)cs1)c1ccc(C)c(OC)c1. The van der Waals surface area contributed by atoms with Crippen molar-refractivity contribution in [3.05, 3.63) is 45.4 Å². The summed E-state index contributed by atoms with van der Waals surface area (Å²) in [5, 5.41) is 6.92. The number of benzene rings is 1. The lowest BCUT2D eigenvalue weighted by Gasteiger charge is -2.19. The average Bonchev–Trinajstić information content (AvgIpc) is 2.89. The van der Waals surface area contributed by atoms with E-state index in [0.717, 1.165) is 30.8 Å². The molecule has 0 fully saturated rings. The number of aryl methyl sites for hydroxylation is 2. The van der Waals surface area contributed by atoms with Crippen molar-refractivity contribution in [2.45, 2.75) is 39.7 Å². The molecular formula is C17H24N2OS. The first-order chi connectivity index (χ1) is 10.1. The topological polar surface area (TPSA) is 34.2 Å². The molecule has 0 radical (unpaired) electrons. The van der Waals surface area contributed by atoms with Crippen molar-refractivity contribution in [1.82, 2.24) is 10.3 Å². The summed E-state index contributed by atoms with van der Waals surface area (Å²) in [7, 11) is 1.73. The molecule has 0 bridgehead atoms. The van der Waals surface area contributed by atoms with Crippen molar-refractivity contribution in [2.24, 2.45) is 0 Å². The molecule has 21 heavy (non-hydrogen) atoms. The Labute approximate surface area is 131 Å². The standard InChI is InChI=1S/C17H24N2OS/c1-5-8-18-15(10-17-19-13(3)11-21-17)14-7-6-12(2)16(9-14)20-4/h6-7,9,11,15,18H,5,8,10H2,1-4H3. The first-order valence-corrected chi connectivity index (χ1v) is 8.31. The van der Waals surface area contributed by atoms with Crippen molar-refractivity contribution in [2.75, 3.05) is 13.7 Å². The Morgan fingerprint density at radius 2 is 2.14 bits per heavy atom. The first-order valence-electron chi connectivity index (χ1n) is 7.43. The second-order valence-electron chi connectivity index (χ2n) is 5.32. The van der Waals surface area contributed by atoms with Gasteiger partial charge in [-0.1, -0.05) is 19.1 Å². The number of thiazole rings is 1. The molecule has 0 saturated carbocycles. The molecule has 1 atom stereocenters. The van der Waals surface area contributed by atoms with Gasteiger partial charge in [0.2, 0.25) is 0 Å². The van der Waals surface area contributed by atoms with E-state index in [1.54, 1.807) is 18.4 Å². The molecule has 0 spiro atoms. The van der Waals surface area contributed by atoms with Crippen LogP contribution in [0.15, 0.2) is 23.6 Å². The third-order valence-electron chi connectivity index (χ3n) is 3.52. The van der Waals surface area contributed by atoms with Gasteiger partial charge in [-0.25, -0.2) is 4.98 Å². The van der Waals surface area contributed by atoms with Gasteiger partial charge in [-0.15, -0.1) is 11.3 Å². The summed E-state index contributed by atoms with van der Waals surface area (Å²) in [4.78, 5) is 4.59. The second-order valence-corrected chi connectivity index (χ2v) is 6.27. The molecule has 0 amide bonds. The van der Waals surface area contributed by atoms with Gasteiger partial charge in [0, 0.05) is 23.5 Å². The van der Waals surface area contributed by atoms with Crippen LogP contribution >= 0.6 is 11.3 Å². The van der Waals surface area contributed by atoms with Crippen molar-refractivity contribution in [3.8, 4) is 5.75 Å². The van der Waals surface area contributed by atoms with Crippen LogP contribution in [-0.4, -0.2) is 18.6 Å². The quantitative estimate of drug-likeness (QED) is 0.838. The molecule has 0 saturated heterocycles. The smallest absolute Gasteiger partial charge is 0.122 e. The lowest BCUT2D eigenvalue weighted by Crippen LogP contribution is -2.24. The van der Waals surface area contributed by atoms with E-state index >= 15 is 0 Å². The summed E-state index contributed by atoms with van der Waals surface area (Å²) >= 11 is 1.74. The molecule has 1 heterocycles. The van der Waals surface area contributed by atoms with Crippen molar-refractivity contribution >= 4 is 11.3 Å². The monoisotopic (exact) mass is 304 g/mol. The van der Waals surface area contributed by atoms with Gasteiger partial charge in [0.1, 0.15) is 5.75 Å². The van der Waals surface area contributed by atoms with Gasteiger partial charge in [-0.2, -0.15) is 0 Å². The van der Waals surface area contributed by atoms with Crippen LogP contribution in [0, 0.1) is 13.8 Å². The number of hydrogen-bond acceptors (Lipinski definition) is 4. The maximum atomic E-state index is 5.45. The molecule has 0 aliphatic heterocycles. The third-order valence-corrected chi connectivity index (χ3v) is 4.51. The van der Waals surface area contributed by atoms with E-state index in [4.69, 9.17) is 4.74 Å². The van der Waals surface area contributed by atoms with E-state index in [0.29, 0.717) is 0 Å². The zero-order valence-electron chi connectivity index (χ0n) is 13.3. The average molecular weight is 304 g/mol. The number of nitrogens with zero attached hydrogens (tertiary/aromatic N) is 1. The van der Waals surface area contributed by atoms with Crippen LogP contribution in [0.25, 0.3) is 0 Å². The Morgan fingerprint density at radius 3 is 2.76 bits per heavy atom. The number of hydrogen-bond donors (Lipinski definition) is 1. The molecule has 1 aromatic carbocycles. The van der Waals surface area contributed by atoms with Gasteiger partial charge >= 0.3 is 0 Å². The predicted molar refractivity (Wildman–Crippen MR) is 89.3 cm³/mol. The Balaban J connectivity index is 2.22. The molecule has 114 valence electrons. The number of rotatable bonds is 7. The summed E-state index contributed by atoms with van der Waals surface area (Å²) in [6.45, 7) is 7.31. The minimum absolute atomic E-state index is 0.282. The highest BCUT2D eigenvalue weighted by molar-refractivity contribution is 7.09. The Kier molecular flexibility index (Phi) is 5.76. The minimum Gasteiger partial charge on any atom is -0.496 e. The minimum atomic E-state index is 0.282. The van der Waals surface area contributed by atoms with Gasteiger partial charge in [0.05, 0.1) is 12.1 Å². The highest BCUT2D eigenvalue weighted by Gasteiger charge is 2.15. The lowest BCUT2D eigenvalue weighted by atomic mass is 10.0. The molecule has 4 heteroatoms. The van der Waals surface area contributed by atoms with E-state index in [1.165, 1.54) is 16.1 Å². The number of ether oxygens (including phenoxy) is 1. The zero-order chi connectivity index (χ0) is 15.2. The van der Waals surface area contributed by atoms with Crippen LogP contribution < -0.4 is 10.1 Å². The fraction of sp³-hybridized carbons (Fsp3) is 0.471. The zero-order valence-corrected chi connectivity index (χ0v) is 14.1. The van der Waals surface area contributed by atoms with Crippen molar-refractivity contribution in [1.29, 1.82) is 0 Å². The Morgan fingerprint density at radius 1 is 1.33 bits per heavy atom. The van der Waals surface area contributed by atoms with Crippen LogP contribution in [0.5, 0.6) is 5.75 Å². The lowest BCUT2D eigenvalue weighted by molar-refractivity contribution is 0.409. The van der Waals surface area contributed by atoms with Crippen LogP contribution in [-0.2, 0) is 6.42 Å². The Bertz CT molecular complexity index is 580. The van der Waals surface area contributed by atoms with Crippen LogP contribution in [0.4, 0.5) is 0 Å². The molecule has 0 aliphatic carbocycles. The summed E-state index contributed by atoms with van der Waals surface area (Å²) in [6, 6.07) is 6.74. The maximum absolute atomic E-state index is 5.45. The summed E-state index contributed by atoms with van der Waals surface area (Å²) in [5.41, 5.74) is 3.53. The fourth-order valence-electron chi connectivity index (χ4n) is 2.35. The third kappa shape index (κ3) is 4.29. The van der Waals surface area contributed by atoms with Gasteiger partial charge in [-0.05, 0) is 44.0 Å². The van der Waals surface area contributed by atoms with Gasteiger partial charge in [-0.3, -0.25) is 0 Å². The molecule has 1 aromatic heterocycles. The van der Waals surface area contributed by atoms with Crippen molar-refractivity contribution in [3.63, 3.8) is 0 Å². The van der Waals surface area contributed by atoms with Gasteiger partial charge < -0.3 is 10.1 Å². The van der Waals surface area contributed by atoms with Crippen LogP contribution in [0.2, 0.25) is 0 Å². The first kappa shape index (κ1) is 16.0. The molecular weight excluding hydrogens is 280 g/mol. The van der Waals surface area contributed by atoms with E-state index in [2.05, 4.69) is 47.7 Å². The highest BCUT2D eigenvalue weighted by atomic mass is 32.1. The predicted octanol–water partition coefficient (Wildman–Crippen LogP) is 4.05. The van der Waals surface area contributed by atoms with E-state index in [-0.39, 0.29) is 6.04 Å². The van der Waals surface area contributed by atoms with E-state index < -0.39 is 0 Å². The largest absolute Gasteiger partial charge is 0.496 e. The fourth-order valence-corrected chi connectivity index (χ4v) is 3.17. The van der Waals surface area contributed by atoms with Gasteiger partial charge in [0.25, 0.3) is 0 Å².